The van der Waals surface area contributed by atoms with Gasteiger partial charge in [-0.05, 0) is 86.4 Å². The molecule has 3 fully saturated rings. The number of carbonyl (C=O) groups is 4. The third-order valence-electron chi connectivity index (χ3n) is 12.0. The van der Waals surface area contributed by atoms with Crippen molar-refractivity contribution in [1.29, 1.82) is 0 Å². The Labute approximate surface area is 342 Å². The van der Waals surface area contributed by atoms with Gasteiger partial charge in [-0.15, -0.1) is 0 Å². The predicted octanol–water partition coefficient (Wildman–Crippen LogP) is 7.60. The molecule has 2 unspecified atom stereocenters. The number of benzene rings is 3. The molecule has 0 aromatic heterocycles. The number of ether oxygens (including phenoxy) is 2. The van der Waals surface area contributed by atoms with Crippen molar-refractivity contribution in [3.8, 4) is 11.1 Å². The quantitative estimate of drug-likeness (QED) is 0.199. The predicted molar refractivity (Wildman–Crippen MR) is 221 cm³/mol. The van der Waals surface area contributed by atoms with E-state index in [1.165, 1.54) is 11.3 Å². The first-order valence-electron chi connectivity index (χ1n) is 20.7. The Hall–Kier alpha value is -4.41. The molecule has 3 amide bonds. The molecule has 2 saturated heterocycles. The number of amides is 3. The largest absolute Gasteiger partial charge is 0.463 e. The molecule has 2 aliphatic heterocycles. The summed E-state index contributed by atoms with van der Waals surface area (Å²) >= 11 is 6.24. The van der Waals surface area contributed by atoms with Gasteiger partial charge in [-0.25, -0.2) is 9.59 Å². The maximum Gasteiger partial charge on any atom is 0.411 e. The van der Waals surface area contributed by atoms with E-state index in [4.69, 9.17) is 21.1 Å². The van der Waals surface area contributed by atoms with Gasteiger partial charge in [0.2, 0.25) is 11.8 Å². The minimum Gasteiger partial charge on any atom is -0.463 e. The third kappa shape index (κ3) is 9.02. The first kappa shape index (κ1) is 40.8. The molecule has 304 valence electrons. The van der Waals surface area contributed by atoms with Crippen LogP contribution in [0, 0.1) is 5.92 Å². The van der Waals surface area contributed by atoms with Gasteiger partial charge in [0, 0.05) is 42.5 Å². The lowest BCUT2D eigenvalue weighted by Gasteiger charge is -2.47. The maximum absolute atomic E-state index is 14.7. The topological polar surface area (TPSA) is 108 Å². The molecule has 10 nitrogen and oxygen atoms in total. The Morgan fingerprint density at radius 3 is 2.09 bits per heavy atom. The van der Waals surface area contributed by atoms with Gasteiger partial charge in [0.25, 0.3) is 0 Å². The minimum atomic E-state index is -1.01. The van der Waals surface area contributed by atoms with Crippen molar-refractivity contribution in [1.82, 2.24) is 20.0 Å². The lowest BCUT2D eigenvalue weighted by Crippen LogP contribution is -2.73. The van der Waals surface area contributed by atoms with Crippen LogP contribution in [0.1, 0.15) is 95.8 Å². The van der Waals surface area contributed by atoms with Gasteiger partial charge in [0.05, 0.1) is 18.1 Å². The molecule has 0 radical (unpaired) electrons. The van der Waals surface area contributed by atoms with Crippen molar-refractivity contribution in [3.63, 3.8) is 0 Å². The van der Waals surface area contributed by atoms with Crippen molar-refractivity contribution in [2.75, 3.05) is 26.2 Å². The summed E-state index contributed by atoms with van der Waals surface area (Å²) in [4.78, 5) is 61.4. The molecule has 1 saturated carbocycles. The zero-order chi connectivity index (χ0) is 40.4. The first-order chi connectivity index (χ1) is 27.3. The van der Waals surface area contributed by atoms with E-state index in [-0.39, 0.29) is 48.9 Å². The molecule has 7 rings (SSSR count). The van der Waals surface area contributed by atoms with Gasteiger partial charge in [-0.1, -0.05) is 105 Å². The highest BCUT2D eigenvalue weighted by molar-refractivity contribution is 6.30. The number of hydrogen-bond acceptors (Lipinski definition) is 7. The number of nitrogens with zero attached hydrogens (tertiary/aromatic N) is 3. The zero-order valence-electron chi connectivity index (χ0n) is 33.9. The monoisotopic (exact) mass is 796 g/mol. The highest BCUT2D eigenvalue weighted by Gasteiger charge is 2.51. The summed E-state index contributed by atoms with van der Waals surface area (Å²) in [6.07, 6.45) is 5.86. The van der Waals surface area contributed by atoms with E-state index in [9.17, 15) is 19.2 Å². The second-order valence-corrected chi connectivity index (χ2v) is 17.9. The molecule has 2 aliphatic carbocycles. The number of halogens is 1. The standard InChI is InChI=1S/C46H57ClN4O6/c1-29(2)42(52)51(32-13-7-6-8-14-32)33-23-24-49(26-33)43(53)39(25-30-19-21-31(47)22-20-30)48-40-27-50(45(55)57-46(3,4)5)41(40)44(54)56-28-38-36-17-11-9-15-34(36)35-16-10-12-18-37(35)38/h9-12,15-22,29,32-33,38-41,48H,6-8,13-14,23-28H2,1-5H3/t33-,39+,40?,41?/m0/s1. The molecule has 57 heavy (non-hydrogen) atoms. The van der Waals surface area contributed by atoms with Crippen LogP contribution in [-0.2, 0) is 30.3 Å². The van der Waals surface area contributed by atoms with E-state index in [1.54, 1.807) is 32.9 Å². The molecule has 4 aliphatic rings. The van der Waals surface area contributed by atoms with Gasteiger partial charge in [-0.3, -0.25) is 19.8 Å². The summed E-state index contributed by atoms with van der Waals surface area (Å²) in [5.41, 5.74) is 4.55. The molecular weight excluding hydrogens is 740 g/mol. The van der Waals surface area contributed by atoms with Crippen LogP contribution in [-0.4, -0.2) is 101 Å². The number of carbonyl (C=O) groups excluding carboxylic acids is 4. The van der Waals surface area contributed by atoms with Crippen LogP contribution >= 0.6 is 11.6 Å². The lowest BCUT2D eigenvalue weighted by atomic mass is 9.92. The highest BCUT2D eigenvalue weighted by Crippen LogP contribution is 2.44. The van der Waals surface area contributed by atoms with Gasteiger partial charge in [0.1, 0.15) is 18.2 Å². The number of likely N-dealkylation sites (tertiary alicyclic amines) is 2. The van der Waals surface area contributed by atoms with Crippen molar-refractivity contribution < 1.29 is 28.7 Å². The summed E-state index contributed by atoms with van der Waals surface area (Å²) in [7, 11) is 0. The average Bonchev–Trinajstić information content (AvgIpc) is 3.78. The van der Waals surface area contributed by atoms with Gasteiger partial charge in [-0.2, -0.15) is 0 Å². The molecule has 2 heterocycles. The number of nitrogens with one attached hydrogen (secondary N) is 1. The number of rotatable bonds is 11. The molecule has 0 spiro atoms. The van der Waals surface area contributed by atoms with Crippen molar-refractivity contribution >= 4 is 35.5 Å². The molecule has 11 heteroatoms. The fourth-order valence-electron chi connectivity index (χ4n) is 9.18. The molecule has 3 aromatic carbocycles. The van der Waals surface area contributed by atoms with Crippen LogP contribution in [0.3, 0.4) is 0 Å². The van der Waals surface area contributed by atoms with Crippen LogP contribution in [0.2, 0.25) is 5.02 Å². The Morgan fingerprint density at radius 1 is 0.842 bits per heavy atom. The zero-order valence-corrected chi connectivity index (χ0v) is 34.7. The summed E-state index contributed by atoms with van der Waals surface area (Å²) < 4.78 is 11.9. The Bertz CT molecular complexity index is 1890. The van der Waals surface area contributed by atoms with Crippen LogP contribution < -0.4 is 5.32 Å². The Balaban J connectivity index is 1.11. The van der Waals surface area contributed by atoms with Crippen molar-refractivity contribution in [2.24, 2.45) is 5.92 Å². The van der Waals surface area contributed by atoms with E-state index in [2.05, 4.69) is 34.5 Å². The molecular formula is C46H57ClN4O6. The van der Waals surface area contributed by atoms with E-state index in [0.717, 1.165) is 53.5 Å². The third-order valence-corrected chi connectivity index (χ3v) is 12.2. The van der Waals surface area contributed by atoms with E-state index in [1.807, 2.05) is 55.1 Å². The molecule has 4 atom stereocenters. The number of hydrogen-bond donors (Lipinski definition) is 1. The fourth-order valence-corrected chi connectivity index (χ4v) is 9.30. The SMILES string of the molecule is CC(C)C(=O)N(C1CCCCC1)[C@H]1CCN(C(=O)[C@@H](Cc2ccc(Cl)cc2)NC2CN(C(=O)OC(C)(C)C)C2C(=O)OCC2c3ccccc3-c3ccccc32)C1. The average molecular weight is 797 g/mol. The Morgan fingerprint density at radius 2 is 1.47 bits per heavy atom. The van der Waals surface area contributed by atoms with Gasteiger partial charge in [0.15, 0.2) is 0 Å². The van der Waals surface area contributed by atoms with Crippen LogP contribution in [0.15, 0.2) is 72.8 Å². The smallest absolute Gasteiger partial charge is 0.411 e. The van der Waals surface area contributed by atoms with Crippen LogP contribution in [0.25, 0.3) is 11.1 Å². The lowest BCUT2D eigenvalue weighted by molar-refractivity contribution is -0.158. The van der Waals surface area contributed by atoms with Crippen LogP contribution in [0.4, 0.5) is 4.79 Å². The number of fused-ring (bicyclic) bond motifs is 3. The van der Waals surface area contributed by atoms with E-state index in [0.29, 0.717) is 31.0 Å². The summed E-state index contributed by atoms with van der Waals surface area (Å²) in [5, 5.41) is 4.12. The van der Waals surface area contributed by atoms with Gasteiger partial charge >= 0.3 is 12.1 Å². The summed E-state index contributed by atoms with van der Waals surface area (Å²) in [6, 6.07) is 21.6. The molecule has 3 aromatic rings. The minimum absolute atomic E-state index is 0.0527. The van der Waals surface area contributed by atoms with E-state index < -0.39 is 35.8 Å². The van der Waals surface area contributed by atoms with Gasteiger partial charge < -0.3 is 19.3 Å². The first-order valence-corrected chi connectivity index (χ1v) is 21.1. The summed E-state index contributed by atoms with van der Waals surface area (Å²) in [5.74, 6) is -0.784. The maximum atomic E-state index is 14.7. The molecule has 1 N–H and O–H groups in total. The second-order valence-electron chi connectivity index (χ2n) is 17.5. The van der Waals surface area contributed by atoms with Crippen molar-refractivity contribution in [2.45, 2.75) is 121 Å². The molecule has 0 bridgehead atoms. The highest BCUT2D eigenvalue weighted by atomic mass is 35.5. The van der Waals surface area contributed by atoms with Crippen LogP contribution in [0.5, 0.6) is 0 Å². The number of esters is 1. The normalized spacial score (nSPS) is 21.4. The Kier molecular flexibility index (Phi) is 12.3. The fraction of sp³-hybridized carbons (Fsp3) is 0.522. The van der Waals surface area contributed by atoms with E-state index >= 15 is 0 Å². The van der Waals surface area contributed by atoms with Crippen molar-refractivity contribution in [3.05, 3.63) is 94.5 Å². The second kappa shape index (κ2) is 17.2. The summed E-state index contributed by atoms with van der Waals surface area (Å²) in [6.45, 7) is 10.5.